The number of amides is 1. The van der Waals surface area contributed by atoms with Crippen LogP contribution in [-0.2, 0) is 14.3 Å². The van der Waals surface area contributed by atoms with Crippen LogP contribution in [0.5, 0.6) is 17.4 Å². The number of carbonyl (C=O) groups excluding carboxylic acids is 2. The third-order valence-electron chi connectivity index (χ3n) is 3.86. The molecule has 0 saturated heterocycles. The van der Waals surface area contributed by atoms with E-state index in [1.54, 1.807) is 42.6 Å². The van der Waals surface area contributed by atoms with E-state index >= 15 is 0 Å². The van der Waals surface area contributed by atoms with Crippen molar-refractivity contribution in [1.82, 2.24) is 10.3 Å². The molecule has 7 nitrogen and oxygen atoms in total. The highest BCUT2D eigenvalue weighted by Gasteiger charge is 2.20. The topological polar surface area (TPSA) is 86.8 Å². The number of thiophene rings is 1. The molecule has 0 saturated carbocycles. The Labute approximate surface area is 172 Å². The molecule has 0 radical (unpaired) electrons. The number of pyridine rings is 1. The Hall–Kier alpha value is -3.39. The average Bonchev–Trinajstić information content (AvgIpc) is 3.27. The lowest BCUT2D eigenvalue weighted by Gasteiger charge is -2.16. The number of nitrogens with one attached hydrogen (secondary N) is 1. The van der Waals surface area contributed by atoms with Gasteiger partial charge in [0.05, 0.1) is 19.6 Å². The minimum Gasteiger partial charge on any atom is -0.484 e. The number of hydrogen-bond acceptors (Lipinski definition) is 7. The highest BCUT2D eigenvalue weighted by atomic mass is 32.1. The molecule has 3 rings (SSSR count). The Morgan fingerprint density at radius 2 is 1.97 bits per heavy atom. The fraction of sp³-hybridized carbons (Fsp3) is 0.190. The van der Waals surface area contributed by atoms with Crippen LogP contribution in [0.3, 0.4) is 0 Å². The van der Waals surface area contributed by atoms with Crippen LogP contribution in [0.4, 0.5) is 0 Å². The van der Waals surface area contributed by atoms with Gasteiger partial charge in [0.1, 0.15) is 11.5 Å². The molecule has 2 heterocycles. The van der Waals surface area contributed by atoms with Crippen molar-refractivity contribution in [3.05, 3.63) is 71.1 Å². The summed E-state index contributed by atoms with van der Waals surface area (Å²) < 4.78 is 15.9. The van der Waals surface area contributed by atoms with Gasteiger partial charge in [0.2, 0.25) is 5.88 Å². The van der Waals surface area contributed by atoms with Gasteiger partial charge >= 0.3 is 5.97 Å². The van der Waals surface area contributed by atoms with Gasteiger partial charge in [-0.3, -0.25) is 9.59 Å². The van der Waals surface area contributed by atoms with E-state index in [-0.39, 0.29) is 18.9 Å². The Kier molecular flexibility index (Phi) is 7.18. The second-order valence-electron chi connectivity index (χ2n) is 5.95. The fourth-order valence-electron chi connectivity index (χ4n) is 2.50. The Bertz CT molecular complexity index is 931. The number of rotatable bonds is 9. The first-order valence-corrected chi connectivity index (χ1v) is 9.73. The first kappa shape index (κ1) is 20.3. The highest BCUT2D eigenvalue weighted by molar-refractivity contribution is 7.10. The summed E-state index contributed by atoms with van der Waals surface area (Å²) in [6, 6.07) is 15.6. The molecule has 150 valence electrons. The molecule has 1 unspecified atom stereocenters. The summed E-state index contributed by atoms with van der Waals surface area (Å²) >= 11 is 1.46. The molecule has 29 heavy (non-hydrogen) atoms. The number of carbonyl (C=O) groups is 2. The molecule has 0 aliphatic heterocycles. The highest BCUT2D eigenvalue weighted by Crippen LogP contribution is 2.24. The van der Waals surface area contributed by atoms with E-state index in [0.29, 0.717) is 17.4 Å². The maximum absolute atomic E-state index is 12.3. The van der Waals surface area contributed by atoms with Gasteiger partial charge in [-0.15, -0.1) is 11.3 Å². The lowest BCUT2D eigenvalue weighted by molar-refractivity contribution is -0.141. The molecule has 0 aliphatic carbocycles. The number of methoxy groups -OCH3 is 1. The summed E-state index contributed by atoms with van der Waals surface area (Å²) in [6.07, 6.45) is 1.69. The average molecular weight is 412 g/mol. The summed E-state index contributed by atoms with van der Waals surface area (Å²) in [4.78, 5) is 29.0. The Morgan fingerprint density at radius 1 is 1.10 bits per heavy atom. The summed E-state index contributed by atoms with van der Waals surface area (Å²) in [7, 11) is 1.32. The number of aromatic nitrogens is 1. The van der Waals surface area contributed by atoms with Crippen molar-refractivity contribution in [2.24, 2.45) is 0 Å². The fourth-order valence-corrected chi connectivity index (χ4v) is 3.28. The maximum atomic E-state index is 12.3. The number of nitrogens with zero attached hydrogens (tertiary/aromatic N) is 1. The van der Waals surface area contributed by atoms with Crippen LogP contribution in [0.2, 0.25) is 0 Å². The Balaban J connectivity index is 1.56. The largest absolute Gasteiger partial charge is 0.484 e. The van der Waals surface area contributed by atoms with E-state index in [4.69, 9.17) is 14.2 Å². The van der Waals surface area contributed by atoms with Crippen LogP contribution in [0.1, 0.15) is 17.3 Å². The lowest BCUT2D eigenvalue weighted by Crippen LogP contribution is -2.33. The molecule has 1 amide bonds. The molecule has 1 aromatic carbocycles. The molecule has 0 bridgehead atoms. The zero-order valence-electron chi connectivity index (χ0n) is 15.7. The van der Waals surface area contributed by atoms with Gasteiger partial charge in [-0.05, 0) is 29.6 Å². The number of benzene rings is 1. The predicted molar refractivity (Wildman–Crippen MR) is 108 cm³/mol. The summed E-state index contributed by atoms with van der Waals surface area (Å²) in [5, 5.41) is 4.70. The molecular formula is C21H20N2O5S. The third kappa shape index (κ3) is 6.32. The van der Waals surface area contributed by atoms with Crippen LogP contribution < -0.4 is 14.8 Å². The van der Waals surface area contributed by atoms with E-state index in [9.17, 15) is 9.59 Å². The number of esters is 1. The van der Waals surface area contributed by atoms with E-state index in [1.165, 1.54) is 18.4 Å². The van der Waals surface area contributed by atoms with Crippen LogP contribution >= 0.6 is 11.3 Å². The summed E-state index contributed by atoms with van der Waals surface area (Å²) in [5.41, 5.74) is 0. The van der Waals surface area contributed by atoms with Crippen molar-refractivity contribution in [2.75, 3.05) is 13.7 Å². The molecule has 0 fully saturated rings. The van der Waals surface area contributed by atoms with E-state index < -0.39 is 12.0 Å². The minimum atomic E-state index is -0.461. The van der Waals surface area contributed by atoms with Crippen LogP contribution in [-0.4, -0.2) is 30.6 Å². The Morgan fingerprint density at radius 3 is 2.69 bits per heavy atom. The van der Waals surface area contributed by atoms with Crippen LogP contribution in [0.15, 0.2) is 66.2 Å². The van der Waals surface area contributed by atoms with Gasteiger partial charge in [-0.1, -0.05) is 18.2 Å². The van der Waals surface area contributed by atoms with Gasteiger partial charge in [-0.25, -0.2) is 4.98 Å². The minimum absolute atomic E-state index is 0.0517. The van der Waals surface area contributed by atoms with Crippen molar-refractivity contribution in [1.29, 1.82) is 0 Å². The monoisotopic (exact) mass is 412 g/mol. The second kappa shape index (κ2) is 10.2. The van der Waals surface area contributed by atoms with Crippen molar-refractivity contribution in [3.63, 3.8) is 0 Å². The normalized spacial score (nSPS) is 11.3. The molecule has 0 spiro atoms. The SMILES string of the molecule is COC(=O)CC(NC(=O)COc1cccc(Oc2ccccn2)c1)c1cccs1. The third-order valence-corrected chi connectivity index (χ3v) is 4.84. The standard InChI is InChI=1S/C21H20N2O5S/c1-26-21(25)13-17(18-8-5-11-29-18)23-19(24)14-27-15-6-4-7-16(12-15)28-20-9-2-3-10-22-20/h2-12,17H,13-14H2,1H3,(H,23,24). The summed E-state index contributed by atoms with van der Waals surface area (Å²) in [5.74, 6) is 0.745. The van der Waals surface area contributed by atoms with Crippen molar-refractivity contribution < 1.29 is 23.8 Å². The molecule has 2 aromatic heterocycles. The zero-order valence-corrected chi connectivity index (χ0v) is 16.6. The van der Waals surface area contributed by atoms with Gasteiger partial charge in [0, 0.05) is 23.2 Å². The van der Waals surface area contributed by atoms with Crippen molar-refractivity contribution in [2.45, 2.75) is 12.5 Å². The van der Waals surface area contributed by atoms with Crippen molar-refractivity contribution >= 4 is 23.2 Å². The predicted octanol–water partition coefficient (Wildman–Crippen LogP) is 3.73. The smallest absolute Gasteiger partial charge is 0.307 e. The lowest BCUT2D eigenvalue weighted by atomic mass is 10.1. The van der Waals surface area contributed by atoms with Crippen LogP contribution in [0.25, 0.3) is 0 Å². The van der Waals surface area contributed by atoms with E-state index in [2.05, 4.69) is 10.3 Å². The maximum Gasteiger partial charge on any atom is 0.307 e. The second-order valence-corrected chi connectivity index (χ2v) is 6.93. The molecule has 1 atom stereocenters. The van der Waals surface area contributed by atoms with Crippen LogP contribution in [0, 0.1) is 0 Å². The van der Waals surface area contributed by atoms with E-state index in [0.717, 1.165) is 4.88 Å². The zero-order chi connectivity index (χ0) is 20.5. The number of hydrogen-bond donors (Lipinski definition) is 1. The van der Waals surface area contributed by atoms with E-state index in [1.807, 2.05) is 23.6 Å². The van der Waals surface area contributed by atoms with Gasteiger partial charge < -0.3 is 19.5 Å². The molecule has 0 aliphatic rings. The van der Waals surface area contributed by atoms with Gasteiger partial charge in [0.15, 0.2) is 6.61 Å². The van der Waals surface area contributed by atoms with Gasteiger partial charge in [0.25, 0.3) is 5.91 Å². The molecular weight excluding hydrogens is 392 g/mol. The quantitative estimate of drug-likeness (QED) is 0.539. The molecule has 1 N–H and O–H groups in total. The van der Waals surface area contributed by atoms with Gasteiger partial charge in [-0.2, -0.15) is 0 Å². The first-order chi connectivity index (χ1) is 14.1. The summed E-state index contributed by atoms with van der Waals surface area (Å²) in [6.45, 7) is -0.198. The molecule has 8 heteroatoms. The molecule has 3 aromatic rings. The number of ether oxygens (including phenoxy) is 3. The first-order valence-electron chi connectivity index (χ1n) is 8.85. The van der Waals surface area contributed by atoms with Crippen molar-refractivity contribution in [3.8, 4) is 17.4 Å².